The van der Waals surface area contributed by atoms with Gasteiger partial charge in [0.1, 0.15) is 0 Å². The summed E-state index contributed by atoms with van der Waals surface area (Å²) in [5, 5.41) is 0. The Morgan fingerprint density at radius 3 is 1.75 bits per heavy atom. The number of pyridine rings is 1. The van der Waals surface area contributed by atoms with Gasteiger partial charge in [-0.3, -0.25) is 4.98 Å². The van der Waals surface area contributed by atoms with E-state index in [-0.39, 0.29) is 0 Å². The lowest BCUT2D eigenvalue weighted by Crippen LogP contribution is -2.36. The van der Waals surface area contributed by atoms with E-state index in [9.17, 15) is 0 Å². The van der Waals surface area contributed by atoms with Crippen LogP contribution in [-0.4, -0.2) is 24.8 Å². The van der Waals surface area contributed by atoms with Gasteiger partial charge in [0.2, 0.25) is 0 Å². The van der Waals surface area contributed by atoms with Crippen LogP contribution in [0.3, 0.4) is 0 Å². The second-order valence-electron chi connectivity index (χ2n) is 3.09. The number of ether oxygens (including phenoxy) is 3. The highest BCUT2D eigenvalue weighted by molar-refractivity contribution is 5.14. The van der Waals surface area contributed by atoms with E-state index in [1.165, 1.54) is 0 Å². The summed E-state index contributed by atoms with van der Waals surface area (Å²) in [4.78, 5) is 3.97. The van der Waals surface area contributed by atoms with E-state index in [1.807, 2.05) is 32.9 Å². The molecule has 1 rings (SSSR count). The quantitative estimate of drug-likeness (QED) is 0.668. The Balaban J connectivity index is 2.99. The molecular weight excluding hydrogens is 206 g/mol. The van der Waals surface area contributed by atoms with Gasteiger partial charge in [0, 0.05) is 37.8 Å². The molecule has 0 fully saturated rings. The van der Waals surface area contributed by atoms with Crippen molar-refractivity contribution in [1.82, 2.24) is 4.98 Å². The van der Waals surface area contributed by atoms with Crippen molar-refractivity contribution in [2.45, 2.75) is 26.7 Å². The van der Waals surface area contributed by atoms with Crippen LogP contribution in [0.15, 0.2) is 24.5 Å². The molecule has 0 saturated carbocycles. The first-order valence-electron chi connectivity index (χ1n) is 5.61. The maximum absolute atomic E-state index is 5.62. The third-order valence-electron chi connectivity index (χ3n) is 2.04. The van der Waals surface area contributed by atoms with Crippen molar-refractivity contribution in [3.63, 3.8) is 0 Å². The number of rotatable bonds is 7. The molecule has 1 aromatic rings. The van der Waals surface area contributed by atoms with Crippen molar-refractivity contribution in [2.75, 3.05) is 19.8 Å². The first-order chi connectivity index (χ1) is 7.79. The zero-order valence-electron chi connectivity index (χ0n) is 10.1. The predicted molar refractivity (Wildman–Crippen MR) is 60.8 cm³/mol. The van der Waals surface area contributed by atoms with E-state index in [0.717, 1.165) is 5.56 Å². The Kier molecular flexibility index (Phi) is 5.38. The molecule has 1 aromatic heterocycles. The molecular formula is C12H19NO3. The minimum atomic E-state index is -1.10. The van der Waals surface area contributed by atoms with Crippen LogP contribution < -0.4 is 0 Å². The van der Waals surface area contributed by atoms with Gasteiger partial charge in [-0.05, 0) is 32.9 Å². The molecule has 0 aliphatic rings. The molecule has 0 amide bonds. The number of hydrogen-bond donors (Lipinski definition) is 0. The van der Waals surface area contributed by atoms with Crippen molar-refractivity contribution in [1.29, 1.82) is 0 Å². The van der Waals surface area contributed by atoms with Gasteiger partial charge >= 0.3 is 5.97 Å². The summed E-state index contributed by atoms with van der Waals surface area (Å²) < 4.78 is 16.9. The standard InChI is InChI=1S/C12H19NO3/c1-4-14-12(15-5-2,16-6-3)11-7-9-13-10-8-11/h7-10H,4-6H2,1-3H3. The topological polar surface area (TPSA) is 40.6 Å². The van der Waals surface area contributed by atoms with Crippen LogP contribution in [0.4, 0.5) is 0 Å². The predicted octanol–water partition coefficient (Wildman–Crippen LogP) is 2.30. The molecule has 90 valence electrons. The number of aromatic nitrogens is 1. The van der Waals surface area contributed by atoms with E-state index >= 15 is 0 Å². The minimum Gasteiger partial charge on any atom is -0.324 e. The molecule has 0 N–H and O–H groups in total. The smallest absolute Gasteiger partial charge is 0.312 e. The van der Waals surface area contributed by atoms with Gasteiger partial charge in [-0.25, -0.2) is 0 Å². The summed E-state index contributed by atoms with van der Waals surface area (Å²) in [6.07, 6.45) is 3.39. The van der Waals surface area contributed by atoms with Crippen molar-refractivity contribution in [3.05, 3.63) is 30.1 Å². The molecule has 0 unspecified atom stereocenters. The largest absolute Gasteiger partial charge is 0.324 e. The van der Waals surface area contributed by atoms with Crippen molar-refractivity contribution in [2.24, 2.45) is 0 Å². The first kappa shape index (κ1) is 13.1. The maximum atomic E-state index is 5.62. The van der Waals surface area contributed by atoms with Crippen LogP contribution in [0, 0.1) is 0 Å². The molecule has 1 heterocycles. The Morgan fingerprint density at radius 2 is 1.38 bits per heavy atom. The molecule has 4 heteroatoms. The molecule has 0 spiro atoms. The second kappa shape index (κ2) is 6.58. The summed E-state index contributed by atoms with van der Waals surface area (Å²) in [5.41, 5.74) is 0.827. The average molecular weight is 225 g/mol. The fraction of sp³-hybridized carbons (Fsp3) is 0.583. The Hall–Kier alpha value is -0.970. The first-order valence-corrected chi connectivity index (χ1v) is 5.61. The molecule has 0 aliphatic carbocycles. The van der Waals surface area contributed by atoms with Gasteiger partial charge in [0.05, 0.1) is 0 Å². The van der Waals surface area contributed by atoms with Gasteiger partial charge in [0.25, 0.3) is 0 Å². The summed E-state index contributed by atoms with van der Waals surface area (Å²) >= 11 is 0. The van der Waals surface area contributed by atoms with Crippen LogP contribution in [0.25, 0.3) is 0 Å². The highest BCUT2D eigenvalue weighted by Gasteiger charge is 2.34. The van der Waals surface area contributed by atoms with E-state index in [2.05, 4.69) is 4.98 Å². The number of hydrogen-bond acceptors (Lipinski definition) is 4. The Bertz CT molecular complexity index is 273. The zero-order valence-corrected chi connectivity index (χ0v) is 10.1. The fourth-order valence-corrected chi connectivity index (χ4v) is 1.50. The summed E-state index contributed by atoms with van der Waals surface area (Å²) in [7, 11) is 0. The molecule has 0 radical (unpaired) electrons. The van der Waals surface area contributed by atoms with E-state index in [1.54, 1.807) is 12.4 Å². The van der Waals surface area contributed by atoms with Gasteiger partial charge in [-0.1, -0.05) is 0 Å². The Morgan fingerprint density at radius 1 is 0.938 bits per heavy atom. The highest BCUT2D eigenvalue weighted by atomic mass is 16.9. The lowest BCUT2D eigenvalue weighted by Gasteiger charge is -2.32. The molecule has 0 aliphatic heterocycles. The number of nitrogens with zero attached hydrogens (tertiary/aromatic N) is 1. The normalized spacial score (nSPS) is 11.7. The summed E-state index contributed by atoms with van der Waals surface area (Å²) in [6.45, 7) is 7.28. The molecule has 0 saturated heterocycles. The van der Waals surface area contributed by atoms with Crippen LogP contribution >= 0.6 is 0 Å². The lowest BCUT2D eigenvalue weighted by atomic mass is 10.2. The molecule has 16 heavy (non-hydrogen) atoms. The van der Waals surface area contributed by atoms with Gasteiger partial charge in [0.15, 0.2) is 0 Å². The Labute approximate surface area is 96.5 Å². The fourth-order valence-electron chi connectivity index (χ4n) is 1.50. The monoisotopic (exact) mass is 225 g/mol. The van der Waals surface area contributed by atoms with E-state index in [0.29, 0.717) is 19.8 Å². The van der Waals surface area contributed by atoms with E-state index < -0.39 is 5.97 Å². The van der Waals surface area contributed by atoms with Crippen molar-refractivity contribution >= 4 is 0 Å². The van der Waals surface area contributed by atoms with Gasteiger partial charge < -0.3 is 14.2 Å². The summed E-state index contributed by atoms with van der Waals surface area (Å²) in [5.74, 6) is -1.10. The lowest BCUT2D eigenvalue weighted by molar-refractivity contribution is -0.389. The zero-order chi connectivity index (χ0) is 11.9. The van der Waals surface area contributed by atoms with Crippen molar-refractivity contribution < 1.29 is 14.2 Å². The molecule has 0 bridgehead atoms. The summed E-state index contributed by atoms with van der Waals surface area (Å²) in [6, 6.07) is 3.67. The molecule has 0 aromatic carbocycles. The van der Waals surface area contributed by atoms with Crippen LogP contribution in [-0.2, 0) is 20.2 Å². The van der Waals surface area contributed by atoms with Crippen molar-refractivity contribution in [3.8, 4) is 0 Å². The van der Waals surface area contributed by atoms with Crippen LogP contribution in [0.1, 0.15) is 26.3 Å². The third kappa shape index (κ3) is 3.01. The van der Waals surface area contributed by atoms with Crippen LogP contribution in [0.2, 0.25) is 0 Å². The van der Waals surface area contributed by atoms with Gasteiger partial charge in [-0.2, -0.15) is 0 Å². The molecule has 4 nitrogen and oxygen atoms in total. The third-order valence-corrected chi connectivity index (χ3v) is 2.04. The minimum absolute atomic E-state index is 0.516. The maximum Gasteiger partial charge on any atom is 0.312 e. The second-order valence-corrected chi connectivity index (χ2v) is 3.09. The van der Waals surface area contributed by atoms with E-state index in [4.69, 9.17) is 14.2 Å². The molecule has 0 atom stereocenters. The highest BCUT2D eigenvalue weighted by Crippen LogP contribution is 2.28. The van der Waals surface area contributed by atoms with Gasteiger partial charge in [-0.15, -0.1) is 0 Å². The van der Waals surface area contributed by atoms with Crippen LogP contribution in [0.5, 0.6) is 0 Å². The SMILES string of the molecule is CCOC(OCC)(OCC)c1ccncc1. The average Bonchev–Trinajstić information content (AvgIpc) is 2.31.